The first kappa shape index (κ1) is 11.7. The molecule has 0 fully saturated rings. The molecule has 0 aliphatic rings. The Morgan fingerprint density at radius 3 is 2.88 bits per heavy atom. The summed E-state index contributed by atoms with van der Waals surface area (Å²) in [6, 6.07) is 9.75. The summed E-state index contributed by atoms with van der Waals surface area (Å²) in [5, 5.41) is 10.8. The molecule has 0 saturated carbocycles. The van der Waals surface area contributed by atoms with Crippen LogP contribution in [-0.4, -0.2) is 17.8 Å². The SMILES string of the molecule is CCOc1ccc2nc(SC)c(C#N)cc2c1. The van der Waals surface area contributed by atoms with Crippen molar-refractivity contribution in [3.05, 3.63) is 29.8 Å². The van der Waals surface area contributed by atoms with E-state index in [1.807, 2.05) is 37.4 Å². The number of fused-ring (bicyclic) bond motifs is 1. The maximum absolute atomic E-state index is 9.05. The normalized spacial score (nSPS) is 10.2. The summed E-state index contributed by atoms with van der Waals surface area (Å²) in [4.78, 5) is 4.45. The molecule has 0 spiro atoms. The Labute approximate surface area is 104 Å². The minimum absolute atomic E-state index is 0.610. The fourth-order valence-electron chi connectivity index (χ4n) is 1.63. The van der Waals surface area contributed by atoms with Crippen LogP contribution in [0.4, 0.5) is 0 Å². The van der Waals surface area contributed by atoms with Crippen molar-refractivity contribution < 1.29 is 4.74 Å². The van der Waals surface area contributed by atoms with Gasteiger partial charge in [0.2, 0.25) is 0 Å². The highest BCUT2D eigenvalue weighted by atomic mass is 32.2. The number of rotatable bonds is 3. The third-order valence-corrected chi connectivity index (χ3v) is 3.07. The van der Waals surface area contributed by atoms with E-state index in [0.29, 0.717) is 12.2 Å². The summed E-state index contributed by atoms with van der Waals surface area (Å²) in [6.45, 7) is 2.58. The lowest BCUT2D eigenvalue weighted by molar-refractivity contribution is 0.340. The van der Waals surface area contributed by atoms with Gasteiger partial charge in [0.05, 0.1) is 17.7 Å². The molecule has 86 valence electrons. The predicted molar refractivity (Wildman–Crippen MR) is 69.4 cm³/mol. The van der Waals surface area contributed by atoms with Crippen LogP contribution < -0.4 is 4.74 Å². The minimum Gasteiger partial charge on any atom is -0.494 e. The Morgan fingerprint density at radius 1 is 1.41 bits per heavy atom. The quantitative estimate of drug-likeness (QED) is 0.778. The van der Waals surface area contributed by atoms with E-state index in [9.17, 15) is 0 Å². The highest BCUT2D eigenvalue weighted by molar-refractivity contribution is 7.98. The largest absolute Gasteiger partial charge is 0.494 e. The van der Waals surface area contributed by atoms with Crippen LogP contribution in [0, 0.1) is 11.3 Å². The maximum atomic E-state index is 9.05. The van der Waals surface area contributed by atoms with Crippen LogP contribution >= 0.6 is 11.8 Å². The van der Waals surface area contributed by atoms with Gasteiger partial charge < -0.3 is 4.74 Å². The van der Waals surface area contributed by atoms with Crippen LogP contribution in [0.15, 0.2) is 29.3 Å². The van der Waals surface area contributed by atoms with Crippen LogP contribution in [0.1, 0.15) is 12.5 Å². The summed E-state index contributed by atoms with van der Waals surface area (Å²) >= 11 is 1.48. The monoisotopic (exact) mass is 244 g/mol. The van der Waals surface area contributed by atoms with E-state index >= 15 is 0 Å². The second-order valence-electron chi connectivity index (χ2n) is 3.44. The van der Waals surface area contributed by atoms with Gasteiger partial charge in [0, 0.05) is 5.39 Å². The second kappa shape index (κ2) is 5.07. The van der Waals surface area contributed by atoms with E-state index < -0.39 is 0 Å². The lowest BCUT2D eigenvalue weighted by Crippen LogP contribution is -1.92. The highest BCUT2D eigenvalue weighted by Crippen LogP contribution is 2.25. The molecule has 0 radical (unpaired) electrons. The molecule has 0 saturated heterocycles. The van der Waals surface area contributed by atoms with Gasteiger partial charge in [-0.15, -0.1) is 11.8 Å². The highest BCUT2D eigenvalue weighted by Gasteiger charge is 2.06. The second-order valence-corrected chi connectivity index (χ2v) is 4.24. The molecule has 17 heavy (non-hydrogen) atoms. The van der Waals surface area contributed by atoms with Gasteiger partial charge in [0.15, 0.2) is 0 Å². The Bertz CT molecular complexity index is 590. The molecule has 0 aliphatic carbocycles. The van der Waals surface area contributed by atoms with E-state index in [1.54, 1.807) is 0 Å². The Hall–Kier alpha value is -1.73. The molecule has 2 rings (SSSR count). The van der Waals surface area contributed by atoms with Crippen molar-refractivity contribution in [2.45, 2.75) is 11.9 Å². The minimum atomic E-state index is 0.610. The first-order valence-electron chi connectivity index (χ1n) is 5.30. The van der Waals surface area contributed by atoms with Gasteiger partial charge >= 0.3 is 0 Å². The van der Waals surface area contributed by atoms with Crippen molar-refractivity contribution in [1.29, 1.82) is 5.26 Å². The van der Waals surface area contributed by atoms with E-state index in [2.05, 4.69) is 11.1 Å². The molecule has 0 unspecified atom stereocenters. The summed E-state index contributed by atoms with van der Waals surface area (Å²) < 4.78 is 5.43. The zero-order valence-corrected chi connectivity index (χ0v) is 10.5. The van der Waals surface area contributed by atoms with Crippen LogP contribution in [0.5, 0.6) is 5.75 Å². The van der Waals surface area contributed by atoms with E-state index in [-0.39, 0.29) is 0 Å². The van der Waals surface area contributed by atoms with Crippen LogP contribution in [-0.2, 0) is 0 Å². The van der Waals surface area contributed by atoms with E-state index in [0.717, 1.165) is 21.7 Å². The molecule has 0 bridgehead atoms. The van der Waals surface area contributed by atoms with Crippen LogP contribution in [0.25, 0.3) is 10.9 Å². The summed E-state index contributed by atoms with van der Waals surface area (Å²) in [6.07, 6.45) is 1.92. The van der Waals surface area contributed by atoms with E-state index in [1.165, 1.54) is 11.8 Å². The third kappa shape index (κ3) is 2.34. The summed E-state index contributed by atoms with van der Waals surface area (Å²) in [5.41, 5.74) is 1.50. The number of benzene rings is 1. The number of pyridine rings is 1. The molecule has 0 aliphatic heterocycles. The van der Waals surface area contributed by atoms with Crippen LogP contribution in [0.3, 0.4) is 0 Å². The zero-order valence-electron chi connectivity index (χ0n) is 9.73. The smallest absolute Gasteiger partial charge is 0.120 e. The Balaban J connectivity index is 2.59. The third-order valence-electron chi connectivity index (χ3n) is 2.38. The topological polar surface area (TPSA) is 45.9 Å². The fourth-order valence-corrected chi connectivity index (χ4v) is 2.14. The average Bonchev–Trinajstić information content (AvgIpc) is 2.37. The number of ether oxygens (including phenoxy) is 1. The molecule has 3 nitrogen and oxygen atoms in total. The van der Waals surface area contributed by atoms with Gasteiger partial charge in [-0.1, -0.05) is 0 Å². The molecule has 0 atom stereocenters. The Morgan fingerprint density at radius 2 is 2.24 bits per heavy atom. The molecular weight excluding hydrogens is 232 g/mol. The number of hydrogen-bond acceptors (Lipinski definition) is 4. The average molecular weight is 244 g/mol. The van der Waals surface area contributed by atoms with Gasteiger partial charge in [-0.3, -0.25) is 0 Å². The zero-order chi connectivity index (χ0) is 12.3. The van der Waals surface area contributed by atoms with Gasteiger partial charge in [-0.25, -0.2) is 4.98 Å². The predicted octanol–water partition coefficient (Wildman–Crippen LogP) is 3.23. The summed E-state index contributed by atoms with van der Waals surface area (Å²) in [5.74, 6) is 0.808. The van der Waals surface area contributed by atoms with E-state index in [4.69, 9.17) is 10.00 Å². The number of thioether (sulfide) groups is 1. The standard InChI is InChI=1S/C13H12N2OS/c1-3-16-11-4-5-12-9(7-11)6-10(8-14)13(15-12)17-2/h4-7H,3H2,1-2H3. The molecule has 2 aromatic rings. The van der Waals surface area contributed by atoms with Crippen molar-refractivity contribution in [2.75, 3.05) is 12.9 Å². The van der Waals surface area contributed by atoms with Crippen LogP contribution in [0.2, 0.25) is 0 Å². The number of aromatic nitrogens is 1. The maximum Gasteiger partial charge on any atom is 0.120 e. The van der Waals surface area contributed by atoms with Crippen molar-refractivity contribution in [2.24, 2.45) is 0 Å². The van der Waals surface area contributed by atoms with Crippen molar-refractivity contribution >= 4 is 22.7 Å². The first-order valence-corrected chi connectivity index (χ1v) is 6.52. The molecule has 1 aromatic carbocycles. The van der Waals surface area contributed by atoms with Gasteiger partial charge in [0.25, 0.3) is 0 Å². The lowest BCUT2D eigenvalue weighted by atomic mass is 10.1. The molecule has 0 N–H and O–H groups in total. The molecule has 1 aromatic heterocycles. The Kier molecular flexibility index (Phi) is 3.50. The number of nitriles is 1. The molecule has 1 heterocycles. The molecule has 4 heteroatoms. The lowest BCUT2D eigenvalue weighted by Gasteiger charge is -2.06. The molecule has 0 amide bonds. The van der Waals surface area contributed by atoms with Gasteiger partial charge in [-0.05, 0) is 37.4 Å². The fraction of sp³-hybridized carbons (Fsp3) is 0.231. The van der Waals surface area contributed by atoms with Crippen molar-refractivity contribution in [1.82, 2.24) is 4.98 Å². The summed E-state index contributed by atoms with van der Waals surface area (Å²) in [7, 11) is 0. The van der Waals surface area contributed by atoms with Gasteiger partial charge in [0.1, 0.15) is 16.8 Å². The van der Waals surface area contributed by atoms with Gasteiger partial charge in [-0.2, -0.15) is 5.26 Å². The number of nitrogens with zero attached hydrogens (tertiary/aromatic N) is 2. The molecular formula is C13H12N2OS. The number of hydrogen-bond donors (Lipinski definition) is 0. The van der Waals surface area contributed by atoms with Crippen molar-refractivity contribution in [3.8, 4) is 11.8 Å². The van der Waals surface area contributed by atoms with Crippen molar-refractivity contribution in [3.63, 3.8) is 0 Å². The first-order chi connectivity index (χ1) is 8.28.